The lowest BCUT2D eigenvalue weighted by Crippen LogP contribution is -2.35. The summed E-state index contributed by atoms with van der Waals surface area (Å²) in [6, 6.07) is 5.28. The first-order valence-corrected chi connectivity index (χ1v) is 7.15. The van der Waals surface area contributed by atoms with Gasteiger partial charge in [0.1, 0.15) is 6.04 Å². The Kier molecular flexibility index (Phi) is 4.77. The number of anilines is 1. The zero-order valence-corrected chi connectivity index (χ0v) is 13.3. The van der Waals surface area contributed by atoms with Crippen LogP contribution in [-0.2, 0) is 11.0 Å². The van der Waals surface area contributed by atoms with Crippen molar-refractivity contribution < 1.29 is 18.0 Å². The largest absolute Gasteiger partial charge is 0.418 e. The second kappa shape index (κ2) is 6.46. The van der Waals surface area contributed by atoms with Crippen molar-refractivity contribution in [2.75, 3.05) is 5.32 Å². The second-order valence-electron chi connectivity index (χ2n) is 5.40. The van der Waals surface area contributed by atoms with Crippen LogP contribution in [0.3, 0.4) is 0 Å². The molecule has 1 unspecified atom stereocenters. The summed E-state index contributed by atoms with van der Waals surface area (Å²) in [5.41, 5.74) is -0.924. The Morgan fingerprint density at radius 1 is 1.25 bits per heavy atom. The third-order valence-electron chi connectivity index (χ3n) is 3.53. The van der Waals surface area contributed by atoms with Crippen LogP contribution in [0.5, 0.6) is 0 Å². The summed E-state index contributed by atoms with van der Waals surface area (Å²) in [4.78, 5) is 28.0. The fourth-order valence-corrected chi connectivity index (χ4v) is 2.42. The fraction of sp³-hybridized carbons (Fsp3) is 0.312. The van der Waals surface area contributed by atoms with E-state index in [0.29, 0.717) is 11.4 Å². The summed E-state index contributed by atoms with van der Waals surface area (Å²) in [5, 5.41) is 2.24. The minimum Gasteiger partial charge on any atom is -0.324 e. The molecule has 0 aliphatic carbocycles. The van der Waals surface area contributed by atoms with E-state index in [1.54, 1.807) is 19.9 Å². The Hall–Kier alpha value is -2.64. The Morgan fingerprint density at radius 2 is 1.88 bits per heavy atom. The van der Waals surface area contributed by atoms with Crippen molar-refractivity contribution in [1.29, 1.82) is 0 Å². The molecule has 1 atom stereocenters. The van der Waals surface area contributed by atoms with Crippen LogP contribution in [0.1, 0.15) is 29.9 Å². The van der Waals surface area contributed by atoms with Gasteiger partial charge in [0.2, 0.25) is 5.91 Å². The maximum Gasteiger partial charge on any atom is 0.418 e. The van der Waals surface area contributed by atoms with Crippen molar-refractivity contribution >= 4 is 11.6 Å². The van der Waals surface area contributed by atoms with Crippen LogP contribution in [-0.4, -0.2) is 15.5 Å². The molecule has 0 radical (unpaired) electrons. The predicted molar refractivity (Wildman–Crippen MR) is 82.8 cm³/mol. The highest BCUT2D eigenvalue weighted by atomic mass is 19.4. The lowest BCUT2D eigenvalue weighted by molar-refractivity contribution is -0.137. The normalized spacial score (nSPS) is 12.8. The number of carbonyl (C=O) groups is 1. The Bertz CT molecular complexity index is 828. The number of nitrogens with one attached hydrogen (secondary N) is 1. The number of benzene rings is 1. The molecule has 0 aliphatic rings. The van der Waals surface area contributed by atoms with Gasteiger partial charge in [-0.25, -0.2) is 4.79 Å². The van der Waals surface area contributed by atoms with Gasteiger partial charge in [0, 0.05) is 11.4 Å². The van der Waals surface area contributed by atoms with Gasteiger partial charge in [0.15, 0.2) is 0 Å². The van der Waals surface area contributed by atoms with Gasteiger partial charge in [-0.2, -0.15) is 18.2 Å². The molecule has 0 saturated heterocycles. The van der Waals surface area contributed by atoms with E-state index in [-0.39, 0.29) is 5.69 Å². The first kappa shape index (κ1) is 17.7. The molecule has 8 heteroatoms. The predicted octanol–water partition coefficient (Wildman–Crippen LogP) is 3.08. The molecule has 1 N–H and O–H groups in total. The van der Waals surface area contributed by atoms with E-state index >= 15 is 0 Å². The first-order valence-electron chi connectivity index (χ1n) is 7.15. The molecule has 24 heavy (non-hydrogen) atoms. The smallest absolute Gasteiger partial charge is 0.324 e. The third kappa shape index (κ3) is 3.64. The number of aryl methyl sites for hydroxylation is 2. The van der Waals surface area contributed by atoms with Gasteiger partial charge in [0.05, 0.1) is 11.3 Å². The highest BCUT2D eigenvalue weighted by molar-refractivity contribution is 5.94. The maximum absolute atomic E-state index is 13.0. The molecule has 1 aromatic heterocycles. The molecule has 0 saturated carbocycles. The number of alkyl halides is 3. The summed E-state index contributed by atoms with van der Waals surface area (Å²) in [6.45, 7) is 4.70. The minimum atomic E-state index is -4.59. The molecular weight excluding hydrogens is 323 g/mol. The number of hydrogen-bond acceptors (Lipinski definition) is 3. The monoisotopic (exact) mass is 339 g/mol. The van der Waals surface area contributed by atoms with Crippen LogP contribution in [0.4, 0.5) is 18.9 Å². The second-order valence-corrected chi connectivity index (χ2v) is 5.40. The summed E-state index contributed by atoms with van der Waals surface area (Å²) in [6.07, 6.45) is -4.59. The number of hydrogen-bond donors (Lipinski definition) is 1. The SMILES string of the molecule is Cc1cc(C)n(C(C)C(=O)Nc2ccccc2C(F)(F)F)c(=O)n1. The molecule has 2 aromatic rings. The lowest BCUT2D eigenvalue weighted by Gasteiger charge is -2.19. The van der Waals surface area contributed by atoms with Crippen LogP contribution in [0.25, 0.3) is 0 Å². The fourth-order valence-electron chi connectivity index (χ4n) is 2.42. The number of aromatic nitrogens is 2. The summed E-state index contributed by atoms with van der Waals surface area (Å²) in [5.74, 6) is -0.734. The van der Waals surface area contributed by atoms with Crippen LogP contribution in [0.15, 0.2) is 35.1 Å². The molecule has 0 fully saturated rings. The molecule has 128 valence electrons. The van der Waals surface area contributed by atoms with Crippen LogP contribution in [0.2, 0.25) is 0 Å². The Morgan fingerprint density at radius 3 is 2.46 bits per heavy atom. The zero-order chi connectivity index (χ0) is 18.1. The molecule has 1 aromatic carbocycles. The topological polar surface area (TPSA) is 64.0 Å². The van der Waals surface area contributed by atoms with E-state index in [1.165, 1.54) is 19.1 Å². The van der Waals surface area contributed by atoms with Crippen LogP contribution >= 0.6 is 0 Å². The van der Waals surface area contributed by atoms with E-state index in [1.807, 2.05) is 0 Å². The number of carbonyl (C=O) groups excluding carboxylic acids is 1. The summed E-state index contributed by atoms with van der Waals surface area (Å²) >= 11 is 0. The number of nitrogens with zero attached hydrogens (tertiary/aromatic N) is 2. The van der Waals surface area contributed by atoms with Gasteiger partial charge in [-0.3, -0.25) is 9.36 Å². The molecule has 1 amide bonds. The van der Waals surface area contributed by atoms with Crippen molar-refractivity contribution in [3.63, 3.8) is 0 Å². The number of halogens is 3. The van der Waals surface area contributed by atoms with Crippen LogP contribution in [0, 0.1) is 13.8 Å². The van der Waals surface area contributed by atoms with Crippen molar-refractivity contribution in [2.24, 2.45) is 0 Å². The molecule has 5 nitrogen and oxygen atoms in total. The average Bonchev–Trinajstić information content (AvgIpc) is 2.45. The van der Waals surface area contributed by atoms with E-state index in [0.717, 1.165) is 16.7 Å². The molecule has 0 aliphatic heterocycles. The van der Waals surface area contributed by atoms with Crippen LogP contribution < -0.4 is 11.0 Å². The van der Waals surface area contributed by atoms with Gasteiger partial charge in [0.25, 0.3) is 0 Å². The van der Waals surface area contributed by atoms with Crippen molar-refractivity contribution in [3.8, 4) is 0 Å². The van der Waals surface area contributed by atoms with Crippen molar-refractivity contribution in [1.82, 2.24) is 9.55 Å². The molecule has 0 spiro atoms. The maximum atomic E-state index is 13.0. The van der Waals surface area contributed by atoms with E-state index < -0.39 is 29.4 Å². The van der Waals surface area contributed by atoms with Gasteiger partial charge < -0.3 is 5.32 Å². The lowest BCUT2D eigenvalue weighted by atomic mass is 10.1. The molecule has 2 rings (SSSR count). The third-order valence-corrected chi connectivity index (χ3v) is 3.53. The zero-order valence-electron chi connectivity index (χ0n) is 13.3. The number of amides is 1. The first-order chi connectivity index (χ1) is 11.1. The minimum absolute atomic E-state index is 0.354. The van der Waals surface area contributed by atoms with Gasteiger partial charge in [-0.15, -0.1) is 0 Å². The van der Waals surface area contributed by atoms with E-state index in [4.69, 9.17) is 0 Å². The highest BCUT2D eigenvalue weighted by Gasteiger charge is 2.34. The van der Waals surface area contributed by atoms with Crippen molar-refractivity contribution in [2.45, 2.75) is 33.0 Å². The number of rotatable bonds is 3. The standard InChI is InChI=1S/C16H16F3N3O2/c1-9-8-10(2)22(15(24)20-9)11(3)14(23)21-13-7-5-4-6-12(13)16(17,18)19/h4-8,11H,1-3H3,(H,21,23). The quantitative estimate of drug-likeness (QED) is 0.935. The molecule has 0 bridgehead atoms. The summed E-state index contributed by atoms with van der Waals surface area (Å²) in [7, 11) is 0. The van der Waals surface area contributed by atoms with Gasteiger partial charge in [-0.1, -0.05) is 12.1 Å². The van der Waals surface area contributed by atoms with Gasteiger partial charge in [-0.05, 0) is 39.0 Å². The van der Waals surface area contributed by atoms with Crippen molar-refractivity contribution in [3.05, 3.63) is 57.8 Å². The molecular formula is C16H16F3N3O2. The highest BCUT2D eigenvalue weighted by Crippen LogP contribution is 2.34. The Balaban J connectivity index is 2.34. The van der Waals surface area contributed by atoms with Gasteiger partial charge >= 0.3 is 11.9 Å². The summed E-state index contributed by atoms with van der Waals surface area (Å²) < 4.78 is 40.1. The average molecular weight is 339 g/mol. The Labute approximate surface area is 136 Å². The molecule has 1 heterocycles. The van der Waals surface area contributed by atoms with E-state index in [2.05, 4.69) is 10.3 Å². The van der Waals surface area contributed by atoms with E-state index in [9.17, 15) is 22.8 Å². The number of para-hydroxylation sites is 1.